The number of nitrogens with one attached hydrogen (secondary N) is 3. The van der Waals surface area contributed by atoms with Crippen LogP contribution in [0.25, 0.3) is 0 Å². The number of amides is 3. The first-order chi connectivity index (χ1) is 16.9. The van der Waals surface area contributed by atoms with Gasteiger partial charge in [0.2, 0.25) is 17.7 Å². The molecule has 11 heteroatoms. The number of nitrogens with zero attached hydrogens (tertiary/aromatic N) is 4. The molecule has 3 N–H and O–H groups in total. The van der Waals surface area contributed by atoms with E-state index in [9.17, 15) is 14.4 Å². The van der Waals surface area contributed by atoms with Crippen LogP contribution in [0.1, 0.15) is 62.7 Å². The second-order valence-corrected chi connectivity index (χ2v) is 10.2. The van der Waals surface area contributed by atoms with Gasteiger partial charge in [0, 0.05) is 6.04 Å². The van der Waals surface area contributed by atoms with Gasteiger partial charge in [0.1, 0.15) is 23.8 Å². The largest absolute Gasteiger partial charge is 0.343 e. The Balaban J connectivity index is 1.55. The second-order valence-electron chi connectivity index (χ2n) is 9.23. The molecule has 35 heavy (non-hydrogen) atoms. The van der Waals surface area contributed by atoms with Gasteiger partial charge in [0.05, 0.1) is 35.1 Å². The third-order valence-corrected chi connectivity index (χ3v) is 7.45. The van der Waals surface area contributed by atoms with E-state index < -0.39 is 24.2 Å². The summed E-state index contributed by atoms with van der Waals surface area (Å²) in [6, 6.07) is 7.51. The molecule has 5 atom stereocenters. The van der Waals surface area contributed by atoms with E-state index in [4.69, 9.17) is 0 Å². The van der Waals surface area contributed by atoms with Gasteiger partial charge >= 0.3 is 0 Å². The topological polar surface area (TPSA) is 121 Å². The van der Waals surface area contributed by atoms with Crippen LogP contribution in [0.5, 0.6) is 0 Å². The maximum Gasteiger partial charge on any atom is 0.246 e. The van der Waals surface area contributed by atoms with Crippen LogP contribution in [0, 0.1) is 0 Å². The lowest BCUT2D eigenvalue weighted by Crippen LogP contribution is -2.58. The van der Waals surface area contributed by atoms with Crippen molar-refractivity contribution in [3.05, 3.63) is 47.8 Å². The second kappa shape index (κ2) is 11.5. The number of hydrogen-bond donors (Lipinski definition) is 3. The maximum absolute atomic E-state index is 13.7. The molecule has 2 fully saturated rings. The summed E-state index contributed by atoms with van der Waals surface area (Å²) in [6.07, 6.45) is 6.41. The Morgan fingerprint density at radius 3 is 2.54 bits per heavy atom. The van der Waals surface area contributed by atoms with Crippen molar-refractivity contribution >= 4 is 40.6 Å². The quantitative estimate of drug-likeness (QED) is 0.421. The summed E-state index contributed by atoms with van der Waals surface area (Å²) in [5.41, 5.74) is 1.51. The molecule has 4 rings (SSSR count). The molecule has 1 aromatic carbocycles. The summed E-state index contributed by atoms with van der Waals surface area (Å²) in [4.78, 5) is 41.5. The van der Waals surface area contributed by atoms with E-state index in [1.165, 1.54) is 0 Å². The van der Waals surface area contributed by atoms with Gasteiger partial charge in [0.25, 0.3) is 0 Å². The zero-order chi connectivity index (χ0) is 24.9. The van der Waals surface area contributed by atoms with Crippen LogP contribution in [0.2, 0.25) is 0 Å². The monoisotopic (exact) mass is 593 g/mol. The molecular weight excluding hydrogens is 561 g/mol. The number of hydrogen-bond acceptors (Lipinski definition) is 6. The van der Waals surface area contributed by atoms with Crippen LogP contribution < -0.4 is 16.0 Å². The van der Waals surface area contributed by atoms with Crippen molar-refractivity contribution in [2.75, 3.05) is 7.05 Å². The minimum Gasteiger partial charge on any atom is -0.343 e. The van der Waals surface area contributed by atoms with E-state index in [2.05, 4.69) is 26.3 Å². The number of rotatable bonds is 7. The highest BCUT2D eigenvalue weighted by Crippen LogP contribution is 2.32. The fourth-order valence-corrected chi connectivity index (χ4v) is 5.33. The lowest BCUT2D eigenvalue weighted by molar-refractivity contribution is -0.144. The molecule has 3 heterocycles. The van der Waals surface area contributed by atoms with Crippen molar-refractivity contribution in [2.45, 2.75) is 75.7 Å². The summed E-state index contributed by atoms with van der Waals surface area (Å²) in [7, 11) is 1.71. The third-order valence-electron chi connectivity index (χ3n) is 6.98. The maximum atomic E-state index is 13.7. The van der Waals surface area contributed by atoms with Crippen molar-refractivity contribution in [2.24, 2.45) is 0 Å². The average molecular weight is 593 g/mol. The zero-order valence-corrected chi connectivity index (χ0v) is 22.1. The van der Waals surface area contributed by atoms with E-state index in [0.717, 1.165) is 31.2 Å². The van der Waals surface area contributed by atoms with Crippen LogP contribution in [0.3, 0.4) is 0 Å². The molecule has 2 aliphatic heterocycles. The first kappa shape index (κ1) is 25.5. The van der Waals surface area contributed by atoms with Crippen molar-refractivity contribution in [3.8, 4) is 0 Å². The molecule has 0 aliphatic carbocycles. The molecule has 0 radical (unpaired) electrons. The van der Waals surface area contributed by atoms with Crippen molar-refractivity contribution in [1.29, 1.82) is 0 Å². The molecule has 188 valence electrons. The highest BCUT2D eigenvalue weighted by molar-refractivity contribution is 14.1. The van der Waals surface area contributed by atoms with E-state index >= 15 is 0 Å². The predicted molar refractivity (Wildman–Crippen MR) is 138 cm³/mol. The summed E-state index contributed by atoms with van der Waals surface area (Å²) < 4.78 is 1.57. The number of fused-ring (bicyclic) bond motifs is 1. The molecule has 3 amide bonds. The number of benzene rings is 1. The molecule has 0 bridgehead atoms. The number of carbonyl (C=O) groups is 3. The summed E-state index contributed by atoms with van der Waals surface area (Å²) >= 11 is 2.02. The van der Waals surface area contributed by atoms with Crippen LogP contribution in [0.4, 0.5) is 0 Å². The Morgan fingerprint density at radius 2 is 1.86 bits per heavy atom. The molecule has 2 aromatic rings. The zero-order valence-electron chi connectivity index (χ0n) is 20.0. The molecular formula is C24H32IN7O3. The van der Waals surface area contributed by atoms with E-state index in [-0.39, 0.29) is 23.8 Å². The molecule has 1 aromatic heterocycles. The Bertz CT molecular complexity index is 1050. The summed E-state index contributed by atoms with van der Waals surface area (Å²) in [5.74, 6) is -0.598. The minimum atomic E-state index is -0.627. The minimum absolute atomic E-state index is 0.00470. The number of aromatic nitrogens is 3. The van der Waals surface area contributed by atoms with Crippen molar-refractivity contribution in [3.63, 3.8) is 0 Å². The number of likely N-dealkylation sites (N-methyl/N-ethyl adjacent to an activating group) is 1. The smallest absolute Gasteiger partial charge is 0.246 e. The average Bonchev–Trinajstić information content (AvgIpc) is 3.48. The first-order valence-electron chi connectivity index (χ1n) is 12.1. The molecule has 2 saturated heterocycles. The van der Waals surface area contributed by atoms with E-state index in [0.29, 0.717) is 18.5 Å². The predicted octanol–water partition coefficient (Wildman–Crippen LogP) is 1.71. The van der Waals surface area contributed by atoms with E-state index in [1.54, 1.807) is 28.0 Å². The lowest BCUT2D eigenvalue weighted by Gasteiger charge is -2.36. The molecule has 2 aliphatic rings. The summed E-state index contributed by atoms with van der Waals surface area (Å²) in [5, 5.41) is 17.2. The Kier molecular flexibility index (Phi) is 8.37. The Hall–Kier alpha value is -2.54. The Morgan fingerprint density at radius 1 is 1.11 bits per heavy atom. The number of carbonyl (C=O) groups excluding carboxylic acids is 3. The highest BCUT2D eigenvalue weighted by atomic mass is 127. The fourth-order valence-electron chi connectivity index (χ4n) is 4.95. The van der Waals surface area contributed by atoms with E-state index in [1.807, 2.05) is 53.2 Å². The first-order valence-corrected chi connectivity index (χ1v) is 13.1. The third kappa shape index (κ3) is 5.83. The van der Waals surface area contributed by atoms with Gasteiger partial charge in [-0.05, 0) is 45.2 Å². The lowest BCUT2D eigenvalue weighted by atomic mass is 9.98. The van der Waals surface area contributed by atoms with Crippen LogP contribution >= 0.6 is 22.9 Å². The van der Waals surface area contributed by atoms with Crippen LogP contribution in [-0.4, -0.2) is 67.0 Å². The van der Waals surface area contributed by atoms with Crippen LogP contribution in [-0.2, 0) is 14.4 Å². The summed E-state index contributed by atoms with van der Waals surface area (Å²) in [6.45, 7) is 1.76. The van der Waals surface area contributed by atoms with Gasteiger partial charge in [0.15, 0.2) is 0 Å². The molecule has 10 nitrogen and oxygen atoms in total. The van der Waals surface area contributed by atoms with Gasteiger partial charge < -0.3 is 20.9 Å². The van der Waals surface area contributed by atoms with Gasteiger partial charge in [-0.3, -0.25) is 14.4 Å². The van der Waals surface area contributed by atoms with Gasteiger partial charge in [-0.25, -0.2) is 0 Å². The highest BCUT2D eigenvalue weighted by Gasteiger charge is 2.44. The van der Waals surface area contributed by atoms with Gasteiger partial charge in [-0.2, -0.15) is 2.90 Å². The SMILES string of the molecule is CN[C@@H](C)C(=O)N[C@H]1CCCC[C@H]2CC[C@@H](C(=O)N[C@@H](c3ccccc3)c3cn(I)nn3)N2C1=O. The molecule has 0 spiro atoms. The van der Waals surface area contributed by atoms with Crippen molar-refractivity contribution in [1.82, 2.24) is 34.1 Å². The molecule has 0 unspecified atom stereocenters. The molecule has 0 saturated carbocycles. The van der Waals surface area contributed by atoms with Gasteiger partial charge in [-0.15, -0.1) is 5.10 Å². The fraction of sp³-hybridized carbons (Fsp3) is 0.542. The van der Waals surface area contributed by atoms with Gasteiger partial charge in [-0.1, -0.05) is 48.4 Å². The standard InChI is InChI=1S/C24H32IN7O3/c1-15(26-2)22(33)27-18-11-7-6-10-17-12-13-20(32(17)24(18)35)23(34)28-21(16-8-4-3-5-9-16)19-14-31(25)30-29-19/h3-5,8-9,14-15,17-18,20-21,26H,6-7,10-13H2,1-2H3,(H,27,33)(H,28,34)/t15-,17-,18-,20-,21-/m0/s1. The number of halogens is 1. The van der Waals surface area contributed by atoms with Crippen molar-refractivity contribution < 1.29 is 14.4 Å². The Labute approximate surface area is 219 Å². The van der Waals surface area contributed by atoms with Crippen LogP contribution in [0.15, 0.2) is 36.5 Å². The normalized spacial score (nSPS) is 24.1.